The van der Waals surface area contributed by atoms with Gasteiger partial charge in [-0.25, -0.2) is 0 Å². The Morgan fingerprint density at radius 3 is 2.75 bits per heavy atom. The first-order chi connectivity index (χ1) is 5.75. The lowest BCUT2D eigenvalue weighted by molar-refractivity contribution is -0.104. The molecule has 0 bridgehead atoms. The van der Waals surface area contributed by atoms with E-state index < -0.39 is 0 Å². The molecule has 0 spiro atoms. The maximum absolute atomic E-state index is 9.99. The highest BCUT2D eigenvalue weighted by molar-refractivity contribution is 6.32. The van der Waals surface area contributed by atoms with Crippen LogP contribution in [0.5, 0.6) is 5.75 Å². The van der Waals surface area contributed by atoms with Gasteiger partial charge in [-0.15, -0.1) is 0 Å². The van der Waals surface area contributed by atoms with Gasteiger partial charge in [0.2, 0.25) is 0 Å². The molecular formula is C9H7ClO2. The maximum atomic E-state index is 9.99. The zero-order valence-electron chi connectivity index (χ0n) is 6.20. The summed E-state index contributed by atoms with van der Waals surface area (Å²) in [5.41, 5.74) is 0.464. The third-order valence-electron chi connectivity index (χ3n) is 1.37. The Bertz CT molecular complexity index is 298. The molecule has 0 aromatic heterocycles. The maximum Gasteiger partial charge on any atom is 0.142 e. The van der Waals surface area contributed by atoms with E-state index >= 15 is 0 Å². The van der Waals surface area contributed by atoms with Crippen molar-refractivity contribution in [2.45, 2.75) is 0 Å². The van der Waals surface area contributed by atoms with E-state index in [1.807, 2.05) is 0 Å². The predicted octanol–water partition coefficient (Wildman–Crippen LogP) is 2.26. The van der Waals surface area contributed by atoms with Crippen LogP contribution in [0.1, 0.15) is 5.56 Å². The smallest absolute Gasteiger partial charge is 0.142 e. The van der Waals surface area contributed by atoms with E-state index in [2.05, 4.69) is 0 Å². The van der Waals surface area contributed by atoms with Crippen LogP contribution in [0.2, 0.25) is 5.02 Å². The van der Waals surface area contributed by atoms with Gasteiger partial charge in [0, 0.05) is 5.56 Å². The highest BCUT2D eigenvalue weighted by Gasteiger charge is 2.00. The molecule has 1 aromatic carbocycles. The zero-order valence-corrected chi connectivity index (χ0v) is 6.95. The number of hydrogen-bond donors (Lipinski definition) is 1. The molecule has 62 valence electrons. The van der Waals surface area contributed by atoms with E-state index in [-0.39, 0.29) is 5.75 Å². The monoisotopic (exact) mass is 182 g/mol. The number of allylic oxidation sites excluding steroid dienone is 1. The highest BCUT2D eigenvalue weighted by atomic mass is 35.5. The number of aromatic hydroxyl groups is 1. The number of halogens is 1. The van der Waals surface area contributed by atoms with Crippen LogP contribution in [0.3, 0.4) is 0 Å². The van der Waals surface area contributed by atoms with Crippen molar-refractivity contribution >= 4 is 24.0 Å². The minimum atomic E-state index is 0.0700. The number of rotatable bonds is 2. The first kappa shape index (κ1) is 8.81. The second kappa shape index (κ2) is 3.93. The Labute approximate surface area is 75.1 Å². The largest absolute Gasteiger partial charge is 0.507 e. The van der Waals surface area contributed by atoms with Crippen LogP contribution < -0.4 is 0 Å². The van der Waals surface area contributed by atoms with Crippen molar-refractivity contribution in [3.05, 3.63) is 34.9 Å². The average Bonchev–Trinajstić information content (AvgIpc) is 2.04. The molecule has 0 saturated heterocycles. The molecule has 1 rings (SSSR count). The summed E-state index contributed by atoms with van der Waals surface area (Å²) >= 11 is 5.74. The second-order valence-corrected chi connectivity index (χ2v) is 2.58. The Morgan fingerprint density at radius 2 is 2.17 bits per heavy atom. The Kier molecular flexibility index (Phi) is 2.88. The minimum absolute atomic E-state index is 0.0700. The third-order valence-corrected chi connectivity index (χ3v) is 1.70. The molecule has 12 heavy (non-hydrogen) atoms. The SMILES string of the molecule is O=CC=Cc1c(O)cccc1Cl. The first-order valence-corrected chi connectivity index (χ1v) is 3.73. The van der Waals surface area contributed by atoms with E-state index in [9.17, 15) is 9.90 Å². The second-order valence-electron chi connectivity index (χ2n) is 2.17. The fourth-order valence-electron chi connectivity index (χ4n) is 0.826. The summed E-state index contributed by atoms with van der Waals surface area (Å²) in [6.45, 7) is 0. The lowest BCUT2D eigenvalue weighted by Crippen LogP contribution is -1.76. The van der Waals surface area contributed by atoms with Gasteiger partial charge in [-0.05, 0) is 24.3 Å². The van der Waals surface area contributed by atoms with Crippen molar-refractivity contribution in [1.29, 1.82) is 0 Å². The molecule has 0 amide bonds. The van der Waals surface area contributed by atoms with Gasteiger partial charge in [-0.1, -0.05) is 17.7 Å². The summed E-state index contributed by atoms with van der Waals surface area (Å²) in [5.74, 6) is 0.0700. The number of phenols is 1. The number of hydrogen-bond acceptors (Lipinski definition) is 2. The van der Waals surface area contributed by atoms with Gasteiger partial charge < -0.3 is 5.11 Å². The van der Waals surface area contributed by atoms with Crippen LogP contribution >= 0.6 is 11.6 Å². The molecule has 2 nitrogen and oxygen atoms in total. The zero-order chi connectivity index (χ0) is 8.97. The van der Waals surface area contributed by atoms with E-state index in [0.717, 1.165) is 0 Å². The van der Waals surface area contributed by atoms with E-state index in [1.165, 1.54) is 18.2 Å². The Hall–Kier alpha value is -1.28. The van der Waals surface area contributed by atoms with E-state index in [0.29, 0.717) is 16.9 Å². The summed E-state index contributed by atoms with van der Waals surface area (Å²) in [4.78, 5) is 9.99. The van der Waals surface area contributed by atoms with Crippen molar-refractivity contribution in [2.24, 2.45) is 0 Å². The van der Waals surface area contributed by atoms with Crippen LogP contribution in [0.25, 0.3) is 6.08 Å². The van der Waals surface area contributed by atoms with Crippen LogP contribution in [0, 0.1) is 0 Å². The number of aldehydes is 1. The molecule has 0 saturated carbocycles. The molecule has 0 aliphatic heterocycles. The van der Waals surface area contributed by atoms with Gasteiger partial charge in [0.15, 0.2) is 0 Å². The van der Waals surface area contributed by atoms with Crippen molar-refractivity contribution in [1.82, 2.24) is 0 Å². The van der Waals surface area contributed by atoms with Gasteiger partial charge in [-0.3, -0.25) is 4.79 Å². The number of carbonyl (C=O) groups is 1. The summed E-state index contributed by atoms with van der Waals surface area (Å²) in [6, 6.07) is 4.79. The number of phenolic OH excluding ortho intramolecular Hbond substituents is 1. The average molecular weight is 183 g/mol. The molecule has 0 unspecified atom stereocenters. The first-order valence-electron chi connectivity index (χ1n) is 3.35. The quantitative estimate of drug-likeness (QED) is 0.563. The van der Waals surface area contributed by atoms with E-state index in [4.69, 9.17) is 11.6 Å². The Balaban J connectivity index is 3.12. The summed E-state index contributed by atoms with van der Waals surface area (Å²) in [6.07, 6.45) is 3.37. The van der Waals surface area contributed by atoms with Gasteiger partial charge >= 0.3 is 0 Å². The van der Waals surface area contributed by atoms with Crippen LogP contribution in [0.4, 0.5) is 0 Å². The predicted molar refractivity (Wildman–Crippen MR) is 48.2 cm³/mol. The highest BCUT2D eigenvalue weighted by Crippen LogP contribution is 2.25. The minimum Gasteiger partial charge on any atom is -0.507 e. The lowest BCUT2D eigenvalue weighted by atomic mass is 10.2. The van der Waals surface area contributed by atoms with Crippen molar-refractivity contribution in [2.75, 3.05) is 0 Å². The summed E-state index contributed by atoms with van der Waals surface area (Å²) < 4.78 is 0. The molecule has 0 heterocycles. The number of benzene rings is 1. The molecule has 3 heteroatoms. The molecule has 0 aliphatic carbocycles. The molecular weight excluding hydrogens is 176 g/mol. The summed E-state index contributed by atoms with van der Waals surface area (Å²) in [5, 5.41) is 9.69. The van der Waals surface area contributed by atoms with Gasteiger partial charge in [0.05, 0.1) is 5.02 Å². The van der Waals surface area contributed by atoms with Gasteiger partial charge in [-0.2, -0.15) is 0 Å². The Morgan fingerprint density at radius 1 is 1.42 bits per heavy atom. The normalized spacial score (nSPS) is 10.4. The van der Waals surface area contributed by atoms with Crippen molar-refractivity contribution in [3.63, 3.8) is 0 Å². The third kappa shape index (κ3) is 1.86. The van der Waals surface area contributed by atoms with Gasteiger partial charge in [0.25, 0.3) is 0 Å². The van der Waals surface area contributed by atoms with Crippen LogP contribution in [0.15, 0.2) is 24.3 Å². The summed E-state index contributed by atoms with van der Waals surface area (Å²) in [7, 11) is 0. The fraction of sp³-hybridized carbons (Fsp3) is 0. The topological polar surface area (TPSA) is 37.3 Å². The van der Waals surface area contributed by atoms with Crippen LogP contribution in [-0.4, -0.2) is 11.4 Å². The van der Waals surface area contributed by atoms with Crippen molar-refractivity contribution < 1.29 is 9.90 Å². The lowest BCUT2D eigenvalue weighted by Gasteiger charge is -1.99. The number of carbonyl (C=O) groups excluding carboxylic acids is 1. The van der Waals surface area contributed by atoms with E-state index in [1.54, 1.807) is 12.1 Å². The molecule has 0 aliphatic rings. The van der Waals surface area contributed by atoms with Gasteiger partial charge in [0.1, 0.15) is 12.0 Å². The molecule has 1 aromatic rings. The molecule has 0 atom stereocenters. The molecule has 0 radical (unpaired) electrons. The molecule has 0 fully saturated rings. The molecule has 1 N–H and O–H groups in total. The van der Waals surface area contributed by atoms with Crippen molar-refractivity contribution in [3.8, 4) is 5.75 Å². The van der Waals surface area contributed by atoms with Crippen LogP contribution in [-0.2, 0) is 4.79 Å². The fourth-order valence-corrected chi connectivity index (χ4v) is 1.06. The standard InChI is InChI=1S/C9H7ClO2/c10-8-4-1-5-9(12)7(8)3-2-6-11/h1-6,12H.